The molecule has 0 amide bonds. The first-order valence-corrected chi connectivity index (χ1v) is 9.53. The Kier molecular flexibility index (Phi) is 4.26. The average Bonchev–Trinajstić information content (AvgIpc) is 3.23. The number of likely N-dealkylation sites (tertiary alicyclic amines) is 1. The first-order chi connectivity index (χ1) is 12.3. The number of hydrogen-bond donors (Lipinski definition) is 0. The molecule has 6 heteroatoms. The number of aryl methyl sites for hydroxylation is 2. The van der Waals surface area contributed by atoms with E-state index in [1.165, 1.54) is 5.56 Å². The van der Waals surface area contributed by atoms with Crippen LogP contribution in [0.4, 0.5) is 5.82 Å². The van der Waals surface area contributed by atoms with Gasteiger partial charge >= 0.3 is 0 Å². The second-order valence-electron chi connectivity index (χ2n) is 8.93. The van der Waals surface area contributed by atoms with Crippen LogP contribution in [0.5, 0.6) is 0 Å². The molecule has 2 saturated heterocycles. The number of rotatable bonds is 3. The smallest absolute Gasteiger partial charge is 0.138 e. The van der Waals surface area contributed by atoms with E-state index in [0.29, 0.717) is 11.8 Å². The van der Waals surface area contributed by atoms with Gasteiger partial charge in [0.15, 0.2) is 0 Å². The van der Waals surface area contributed by atoms with E-state index in [2.05, 4.69) is 51.8 Å². The molecule has 2 fully saturated rings. The maximum absolute atomic E-state index is 5.31. The molecule has 0 aromatic carbocycles. The quantitative estimate of drug-likeness (QED) is 0.844. The van der Waals surface area contributed by atoms with Crippen LogP contribution in [0.25, 0.3) is 0 Å². The van der Waals surface area contributed by atoms with Crippen molar-refractivity contribution in [3.63, 3.8) is 0 Å². The Morgan fingerprint density at radius 2 is 1.77 bits per heavy atom. The Balaban J connectivity index is 1.41. The van der Waals surface area contributed by atoms with E-state index in [-0.39, 0.29) is 5.41 Å². The van der Waals surface area contributed by atoms with E-state index in [1.54, 1.807) is 6.33 Å². The van der Waals surface area contributed by atoms with Gasteiger partial charge in [0.25, 0.3) is 0 Å². The van der Waals surface area contributed by atoms with Gasteiger partial charge in [0.1, 0.15) is 17.9 Å². The van der Waals surface area contributed by atoms with E-state index in [1.807, 2.05) is 13.8 Å². The average molecular weight is 355 g/mol. The van der Waals surface area contributed by atoms with Crippen LogP contribution >= 0.6 is 0 Å². The standard InChI is InChI=1S/C20H29N5O/c1-13-17(14(2)26-23-13)11-24-7-15-9-25(10-16(15)8-24)19-6-18(20(3,4)5)21-12-22-19/h6,12,15-16H,7-11H2,1-5H3. The van der Waals surface area contributed by atoms with Crippen LogP contribution in [0, 0.1) is 25.7 Å². The van der Waals surface area contributed by atoms with Crippen molar-refractivity contribution in [3.05, 3.63) is 35.1 Å². The highest BCUT2D eigenvalue weighted by Gasteiger charge is 2.40. The summed E-state index contributed by atoms with van der Waals surface area (Å²) in [5.74, 6) is 3.46. The molecular weight excluding hydrogens is 326 g/mol. The van der Waals surface area contributed by atoms with Gasteiger partial charge in [-0.15, -0.1) is 0 Å². The lowest BCUT2D eigenvalue weighted by Crippen LogP contribution is -2.29. The molecule has 2 unspecified atom stereocenters. The maximum Gasteiger partial charge on any atom is 0.138 e. The summed E-state index contributed by atoms with van der Waals surface area (Å²) in [6.45, 7) is 16.1. The fraction of sp³-hybridized carbons (Fsp3) is 0.650. The minimum Gasteiger partial charge on any atom is -0.361 e. The molecule has 0 N–H and O–H groups in total. The number of nitrogens with zero attached hydrogens (tertiary/aromatic N) is 5. The zero-order chi connectivity index (χ0) is 18.5. The van der Waals surface area contributed by atoms with Crippen LogP contribution in [0.3, 0.4) is 0 Å². The van der Waals surface area contributed by atoms with Crippen LogP contribution in [-0.4, -0.2) is 46.2 Å². The number of anilines is 1. The Labute approximate surface area is 155 Å². The highest BCUT2D eigenvalue weighted by Crippen LogP contribution is 2.35. The fourth-order valence-electron chi connectivity index (χ4n) is 4.29. The summed E-state index contributed by atoms with van der Waals surface area (Å²) in [7, 11) is 0. The molecule has 26 heavy (non-hydrogen) atoms. The normalized spacial score (nSPS) is 23.7. The molecule has 2 aromatic rings. The SMILES string of the molecule is Cc1noc(C)c1CN1CC2CN(c3cc(C(C)(C)C)ncn3)CC2C1. The third-order valence-electron chi connectivity index (χ3n) is 5.87. The molecule has 2 atom stereocenters. The largest absolute Gasteiger partial charge is 0.361 e. The highest BCUT2D eigenvalue weighted by molar-refractivity contribution is 5.42. The van der Waals surface area contributed by atoms with Gasteiger partial charge in [0, 0.05) is 49.8 Å². The third kappa shape index (κ3) is 3.22. The Hall–Kier alpha value is -1.95. The maximum atomic E-state index is 5.31. The number of hydrogen-bond acceptors (Lipinski definition) is 6. The zero-order valence-electron chi connectivity index (χ0n) is 16.5. The molecule has 2 aliphatic rings. The van der Waals surface area contributed by atoms with Gasteiger partial charge in [0.2, 0.25) is 0 Å². The first kappa shape index (κ1) is 17.5. The summed E-state index contributed by atoms with van der Waals surface area (Å²) in [5, 5.41) is 4.09. The lowest BCUT2D eigenvalue weighted by atomic mass is 9.92. The molecule has 0 bridgehead atoms. The van der Waals surface area contributed by atoms with E-state index in [9.17, 15) is 0 Å². The Morgan fingerprint density at radius 1 is 1.08 bits per heavy atom. The molecule has 6 nitrogen and oxygen atoms in total. The molecule has 140 valence electrons. The van der Waals surface area contributed by atoms with Crippen molar-refractivity contribution < 1.29 is 4.52 Å². The van der Waals surface area contributed by atoms with Crippen molar-refractivity contribution in [3.8, 4) is 0 Å². The van der Waals surface area contributed by atoms with Crippen molar-refractivity contribution in [2.45, 2.75) is 46.6 Å². The lowest BCUT2D eigenvalue weighted by Gasteiger charge is -2.24. The fourth-order valence-corrected chi connectivity index (χ4v) is 4.29. The van der Waals surface area contributed by atoms with E-state index >= 15 is 0 Å². The van der Waals surface area contributed by atoms with Crippen molar-refractivity contribution in [1.29, 1.82) is 0 Å². The van der Waals surface area contributed by atoms with Crippen molar-refractivity contribution >= 4 is 5.82 Å². The number of aromatic nitrogens is 3. The van der Waals surface area contributed by atoms with Crippen LogP contribution < -0.4 is 4.90 Å². The van der Waals surface area contributed by atoms with Gasteiger partial charge in [-0.2, -0.15) is 0 Å². The van der Waals surface area contributed by atoms with Gasteiger partial charge in [-0.3, -0.25) is 4.90 Å². The molecular formula is C20H29N5O. The predicted molar refractivity (Wildman–Crippen MR) is 101 cm³/mol. The molecule has 0 radical (unpaired) electrons. The van der Waals surface area contributed by atoms with E-state index in [0.717, 1.165) is 55.7 Å². The highest BCUT2D eigenvalue weighted by atomic mass is 16.5. The van der Waals surface area contributed by atoms with Gasteiger partial charge < -0.3 is 9.42 Å². The molecule has 2 aromatic heterocycles. The Morgan fingerprint density at radius 3 is 2.35 bits per heavy atom. The minimum atomic E-state index is 0.0540. The monoisotopic (exact) mass is 355 g/mol. The molecule has 0 aliphatic carbocycles. The summed E-state index contributed by atoms with van der Waals surface area (Å²) >= 11 is 0. The molecule has 2 aliphatic heterocycles. The minimum absolute atomic E-state index is 0.0540. The predicted octanol–water partition coefficient (Wildman–Crippen LogP) is 2.95. The summed E-state index contributed by atoms with van der Waals surface area (Å²) in [6.07, 6.45) is 1.72. The van der Waals surface area contributed by atoms with Crippen molar-refractivity contribution in [2.24, 2.45) is 11.8 Å². The Bertz CT molecular complexity index is 760. The van der Waals surface area contributed by atoms with Gasteiger partial charge in [-0.1, -0.05) is 25.9 Å². The summed E-state index contributed by atoms with van der Waals surface area (Å²) in [5.41, 5.74) is 3.45. The lowest BCUT2D eigenvalue weighted by molar-refractivity contribution is 0.305. The summed E-state index contributed by atoms with van der Waals surface area (Å²) in [6, 6.07) is 2.17. The van der Waals surface area contributed by atoms with Crippen LogP contribution in [-0.2, 0) is 12.0 Å². The van der Waals surface area contributed by atoms with Crippen molar-refractivity contribution in [2.75, 3.05) is 31.1 Å². The van der Waals surface area contributed by atoms with Crippen LogP contribution in [0.1, 0.15) is 43.5 Å². The van der Waals surface area contributed by atoms with Gasteiger partial charge in [0.05, 0.1) is 11.4 Å². The van der Waals surface area contributed by atoms with Gasteiger partial charge in [-0.05, 0) is 25.7 Å². The summed E-state index contributed by atoms with van der Waals surface area (Å²) in [4.78, 5) is 14.0. The van der Waals surface area contributed by atoms with Crippen molar-refractivity contribution in [1.82, 2.24) is 20.0 Å². The second-order valence-corrected chi connectivity index (χ2v) is 8.93. The molecule has 4 heterocycles. The van der Waals surface area contributed by atoms with E-state index < -0.39 is 0 Å². The number of fused-ring (bicyclic) bond motifs is 1. The second kappa shape index (κ2) is 6.34. The molecule has 0 spiro atoms. The van der Waals surface area contributed by atoms with Crippen LogP contribution in [0.15, 0.2) is 16.9 Å². The summed E-state index contributed by atoms with van der Waals surface area (Å²) < 4.78 is 5.31. The van der Waals surface area contributed by atoms with E-state index in [4.69, 9.17) is 4.52 Å². The zero-order valence-corrected chi connectivity index (χ0v) is 16.5. The third-order valence-corrected chi connectivity index (χ3v) is 5.87. The molecule has 0 saturated carbocycles. The first-order valence-electron chi connectivity index (χ1n) is 9.53. The van der Waals surface area contributed by atoms with Crippen LogP contribution in [0.2, 0.25) is 0 Å². The van der Waals surface area contributed by atoms with Gasteiger partial charge in [-0.25, -0.2) is 9.97 Å². The molecule has 4 rings (SSSR count). The topological polar surface area (TPSA) is 58.3 Å².